The van der Waals surface area contributed by atoms with E-state index in [1.165, 1.54) is 10.9 Å². The van der Waals surface area contributed by atoms with Gasteiger partial charge in [0.1, 0.15) is 0 Å². The van der Waals surface area contributed by atoms with Crippen LogP contribution < -0.4 is 5.73 Å². The van der Waals surface area contributed by atoms with Crippen LogP contribution in [0.5, 0.6) is 0 Å². The van der Waals surface area contributed by atoms with Gasteiger partial charge in [-0.25, -0.2) is 4.79 Å². The Morgan fingerprint density at radius 1 is 1.38 bits per heavy atom. The van der Waals surface area contributed by atoms with Gasteiger partial charge in [-0.2, -0.15) is 0 Å². The highest BCUT2D eigenvalue weighted by molar-refractivity contribution is 7.10. The van der Waals surface area contributed by atoms with Crippen LogP contribution in [0.1, 0.15) is 15.2 Å². The minimum Gasteiger partial charge on any atom is -0.478 e. The molecule has 0 fully saturated rings. The van der Waals surface area contributed by atoms with Crippen molar-refractivity contribution >= 4 is 23.0 Å². The molecule has 2 rings (SSSR count). The van der Waals surface area contributed by atoms with Gasteiger partial charge in [-0.15, -0.1) is 11.3 Å². The van der Waals surface area contributed by atoms with Gasteiger partial charge in [0.05, 0.1) is 5.56 Å². The van der Waals surface area contributed by atoms with Gasteiger partial charge in [0.2, 0.25) is 0 Å². The summed E-state index contributed by atoms with van der Waals surface area (Å²) in [5, 5.41) is 10.8. The van der Waals surface area contributed by atoms with Gasteiger partial charge in [-0.1, -0.05) is 6.07 Å². The summed E-state index contributed by atoms with van der Waals surface area (Å²) in [4.78, 5) is 12.0. The third-order valence-electron chi connectivity index (χ3n) is 2.34. The second kappa shape index (κ2) is 3.98. The van der Waals surface area contributed by atoms with Crippen LogP contribution in [0.4, 0.5) is 5.69 Å². The Hall–Kier alpha value is -1.81. The molecule has 0 aliphatic carbocycles. The van der Waals surface area contributed by atoms with Gasteiger partial charge in [0.15, 0.2) is 0 Å². The van der Waals surface area contributed by atoms with Gasteiger partial charge in [-0.05, 0) is 36.1 Å². The number of rotatable bonds is 2. The molecule has 0 aliphatic rings. The van der Waals surface area contributed by atoms with E-state index in [0.717, 1.165) is 11.1 Å². The molecule has 4 heteroatoms. The van der Waals surface area contributed by atoms with Crippen LogP contribution in [0.2, 0.25) is 0 Å². The Kier molecular flexibility index (Phi) is 2.66. The lowest BCUT2D eigenvalue weighted by atomic mass is 10.0. The molecule has 16 heavy (non-hydrogen) atoms. The smallest absolute Gasteiger partial charge is 0.335 e. The number of hydrogen-bond acceptors (Lipinski definition) is 3. The Bertz CT molecular complexity index is 546. The second-order valence-corrected chi connectivity index (χ2v) is 4.67. The zero-order chi connectivity index (χ0) is 11.7. The highest BCUT2D eigenvalue weighted by Gasteiger charge is 2.08. The Labute approximate surface area is 97.2 Å². The zero-order valence-corrected chi connectivity index (χ0v) is 9.54. The number of aromatic carboxylic acids is 1. The van der Waals surface area contributed by atoms with E-state index in [2.05, 4.69) is 0 Å². The molecule has 0 saturated heterocycles. The summed E-state index contributed by atoms with van der Waals surface area (Å²) in [7, 11) is 0. The molecular weight excluding hydrogens is 222 g/mol. The number of anilines is 1. The fourth-order valence-corrected chi connectivity index (χ4v) is 2.25. The Balaban J connectivity index is 2.47. The molecule has 0 amide bonds. The van der Waals surface area contributed by atoms with Gasteiger partial charge >= 0.3 is 5.97 Å². The van der Waals surface area contributed by atoms with Gasteiger partial charge in [-0.3, -0.25) is 0 Å². The number of nitrogen functional groups attached to an aromatic ring is 1. The summed E-state index contributed by atoms with van der Waals surface area (Å²) in [5.41, 5.74) is 8.48. The first kappa shape index (κ1) is 10.7. The Morgan fingerprint density at radius 3 is 2.62 bits per heavy atom. The van der Waals surface area contributed by atoms with E-state index in [-0.39, 0.29) is 5.56 Å². The maximum Gasteiger partial charge on any atom is 0.335 e. The lowest BCUT2D eigenvalue weighted by Gasteiger charge is -2.04. The largest absolute Gasteiger partial charge is 0.478 e. The number of aryl methyl sites for hydroxylation is 1. The van der Waals surface area contributed by atoms with Crippen LogP contribution in [0.25, 0.3) is 11.1 Å². The first-order valence-corrected chi connectivity index (χ1v) is 5.64. The number of carboxylic acid groups (broad SMARTS) is 1. The molecule has 2 aromatic rings. The minimum absolute atomic E-state index is 0.216. The van der Waals surface area contributed by atoms with Crippen molar-refractivity contribution in [2.75, 3.05) is 5.73 Å². The fourth-order valence-electron chi connectivity index (χ4n) is 1.54. The summed E-state index contributed by atoms with van der Waals surface area (Å²) in [6.45, 7) is 2.02. The average molecular weight is 233 g/mol. The molecule has 0 aliphatic heterocycles. The van der Waals surface area contributed by atoms with Crippen molar-refractivity contribution in [3.8, 4) is 11.1 Å². The molecular formula is C12H11NO2S. The summed E-state index contributed by atoms with van der Waals surface area (Å²) in [6, 6.07) is 6.85. The lowest BCUT2D eigenvalue weighted by molar-refractivity contribution is 0.0697. The first-order chi connectivity index (χ1) is 7.58. The van der Waals surface area contributed by atoms with Gasteiger partial charge in [0, 0.05) is 16.1 Å². The molecule has 0 unspecified atom stereocenters. The van der Waals surface area contributed by atoms with Crippen molar-refractivity contribution in [2.45, 2.75) is 6.92 Å². The number of carbonyl (C=O) groups is 1. The quantitative estimate of drug-likeness (QED) is 0.784. The van der Waals surface area contributed by atoms with E-state index in [1.54, 1.807) is 23.5 Å². The molecule has 82 valence electrons. The summed E-state index contributed by atoms with van der Waals surface area (Å²) < 4.78 is 0. The minimum atomic E-state index is -0.959. The van der Waals surface area contributed by atoms with Crippen molar-refractivity contribution < 1.29 is 9.90 Å². The third-order valence-corrected chi connectivity index (χ3v) is 3.20. The van der Waals surface area contributed by atoms with Crippen LogP contribution in [0.15, 0.2) is 29.6 Å². The molecule has 3 nitrogen and oxygen atoms in total. The van der Waals surface area contributed by atoms with Crippen molar-refractivity contribution in [2.24, 2.45) is 0 Å². The van der Waals surface area contributed by atoms with E-state index in [0.29, 0.717) is 5.69 Å². The lowest BCUT2D eigenvalue weighted by Crippen LogP contribution is -1.98. The van der Waals surface area contributed by atoms with E-state index in [9.17, 15) is 4.79 Å². The van der Waals surface area contributed by atoms with Gasteiger partial charge in [0.25, 0.3) is 0 Å². The average Bonchev–Trinajstić information content (AvgIpc) is 2.64. The van der Waals surface area contributed by atoms with Crippen molar-refractivity contribution in [1.29, 1.82) is 0 Å². The molecule has 0 spiro atoms. The van der Waals surface area contributed by atoms with Crippen molar-refractivity contribution in [1.82, 2.24) is 0 Å². The monoisotopic (exact) mass is 233 g/mol. The standard InChI is InChI=1S/C12H11NO2S/c1-7-4-9(6-16-7)10-3-2-8(12(14)15)5-11(10)13/h2-6H,13H2,1H3,(H,14,15). The topological polar surface area (TPSA) is 63.3 Å². The van der Waals surface area contributed by atoms with E-state index >= 15 is 0 Å². The van der Waals surface area contributed by atoms with E-state index in [4.69, 9.17) is 10.8 Å². The fraction of sp³-hybridized carbons (Fsp3) is 0.0833. The maximum absolute atomic E-state index is 10.8. The molecule has 1 aromatic heterocycles. The van der Waals surface area contributed by atoms with E-state index in [1.807, 2.05) is 18.4 Å². The molecule has 1 aromatic carbocycles. The number of thiophene rings is 1. The maximum atomic E-state index is 10.8. The molecule has 3 N–H and O–H groups in total. The van der Waals surface area contributed by atoms with Gasteiger partial charge < -0.3 is 10.8 Å². The highest BCUT2D eigenvalue weighted by atomic mass is 32.1. The van der Waals surface area contributed by atoms with Crippen LogP contribution in [0, 0.1) is 6.92 Å². The van der Waals surface area contributed by atoms with Crippen LogP contribution in [-0.4, -0.2) is 11.1 Å². The predicted molar refractivity (Wildman–Crippen MR) is 65.9 cm³/mol. The molecule has 0 saturated carbocycles. The molecule has 0 atom stereocenters. The van der Waals surface area contributed by atoms with Crippen LogP contribution in [0.3, 0.4) is 0 Å². The predicted octanol–water partition coefficient (Wildman–Crippen LogP) is 3.00. The zero-order valence-electron chi connectivity index (χ0n) is 8.73. The number of carboxylic acids is 1. The normalized spacial score (nSPS) is 10.3. The molecule has 0 radical (unpaired) electrons. The second-order valence-electron chi connectivity index (χ2n) is 3.55. The third kappa shape index (κ3) is 1.92. The summed E-state index contributed by atoms with van der Waals surface area (Å²) in [6.07, 6.45) is 0. The highest BCUT2D eigenvalue weighted by Crippen LogP contribution is 2.30. The first-order valence-electron chi connectivity index (χ1n) is 4.76. The number of nitrogens with two attached hydrogens (primary N) is 1. The van der Waals surface area contributed by atoms with Crippen LogP contribution >= 0.6 is 11.3 Å². The summed E-state index contributed by atoms with van der Waals surface area (Å²) >= 11 is 1.65. The van der Waals surface area contributed by atoms with Crippen LogP contribution in [-0.2, 0) is 0 Å². The van der Waals surface area contributed by atoms with Crippen molar-refractivity contribution in [3.63, 3.8) is 0 Å². The Morgan fingerprint density at radius 2 is 2.12 bits per heavy atom. The van der Waals surface area contributed by atoms with Crippen molar-refractivity contribution in [3.05, 3.63) is 40.1 Å². The van der Waals surface area contributed by atoms with E-state index < -0.39 is 5.97 Å². The molecule has 1 heterocycles. The SMILES string of the molecule is Cc1cc(-c2ccc(C(=O)O)cc2N)cs1. The summed E-state index contributed by atoms with van der Waals surface area (Å²) in [5.74, 6) is -0.959. The number of hydrogen-bond donors (Lipinski definition) is 2. The molecule has 0 bridgehead atoms. The number of benzene rings is 1.